The summed E-state index contributed by atoms with van der Waals surface area (Å²) in [4.78, 5) is 23.8. The van der Waals surface area contributed by atoms with E-state index in [1.54, 1.807) is 36.4 Å². The van der Waals surface area contributed by atoms with Crippen LogP contribution in [0.25, 0.3) is 0 Å². The highest BCUT2D eigenvalue weighted by Gasteiger charge is 2.28. The molecule has 2 N–H and O–H groups in total. The Hall–Kier alpha value is -2.81. The summed E-state index contributed by atoms with van der Waals surface area (Å²) in [6.45, 7) is 0.534. The van der Waals surface area contributed by atoms with Gasteiger partial charge in [0.05, 0.1) is 30.8 Å². The van der Waals surface area contributed by atoms with Gasteiger partial charge in [0.15, 0.2) is 0 Å². The van der Waals surface area contributed by atoms with Crippen LogP contribution in [0.1, 0.15) is 22.5 Å². The Kier molecular flexibility index (Phi) is 5.27. The van der Waals surface area contributed by atoms with Crippen molar-refractivity contribution >= 4 is 27.5 Å². The number of hydrogen-bond donors (Lipinski definition) is 2. The highest BCUT2D eigenvalue weighted by molar-refractivity contribution is 7.93. The zero-order valence-electron chi connectivity index (χ0n) is 14.0. The van der Waals surface area contributed by atoms with Crippen LogP contribution in [0.3, 0.4) is 0 Å². The SMILES string of the molecule is O=C(CNC(=O)c1ccc(N2CCCS2(=O)=O)cc1)NCc1ccco1. The zero-order chi connectivity index (χ0) is 18.6. The molecule has 1 aliphatic rings. The molecule has 26 heavy (non-hydrogen) atoms. The largest absolute Gasteiger partial charge is 0.467 e. The first-order chi connectivity index (χ1) is 12.5. The molecule has 0 spiro atoms. The number of benzene rings is 1. The fraction of sp³-hybridized carbons (Fsp3) is 0.294. The third-order valence-corrected chi connectivity index (χ3v) is 5.84. The van der Waals surface area contributed by atoms with Gasteiger partial charge in [-0.2, -0.15) is 0 Å². The van der Waals surface area contributed by atoms with Gasteiger partial charge in [-0.1, -0.05) is 0 Å². The number of anilines is 1. The molecule has 0 unspecified atom stereocenters. The van der Waals surface area contributed by atoms with E-state index in [4.69, 9.17) is 4.42 Å². The summed E-state index contributed by atoms with van der Waals surface area (Å²) in [5, 5.41) is 5.15. The number of carbonyl (C=O) groups excluding carboxylic acids is 2. The molecule has 138 valence electrons. The van der Waals surface area contributed by atoms with Crippen LogP contribution in [0, 0.1) is 0 Å². The molecule has 9 heteroatoms. The number of amides is 2. The lowest BCUT2D eigenvalue weighted by Crippen LogP contribution is -2.36. The molecule has 1 fully saturated rings. The maximum Gasteiger partial charge on any atom is 0.251 e. The number of nitrogens with zero attached hydrogens (tertiary/aromatic N) is 1. The Balaban J connectivity index is 1.51. The number of sulfonamides is 1. The third-order valence-electron chi connectivity index (χ3n) is 3.97. The standard InChI is InChI=1S/C17H19N3O5S/c21-16(18-11-15-3-1-9-25-15)12-19-17(22)13-4-6-14(7-5-13)20-8-2-10-26(20,23)24/h1,3-7,9H,2,8,10-12H2,(H,18,21)(H,19,22). The van der Waals surface area contributed by atoms with E-state index < -0.39 is 15.9 Å². The van der Waals surface area contributed by atoms with E-state index in [0.717, 1.165) is 0 Å². The van der Waals surface area contributed by atoms with E-state index in [0.29, 0.717) is 30.0 Å². The van der Waals surface area contributed by atoms with Crippen LogP contribution in [0.15, 0.2) is 47.1 Å². The molecule has 1 aliphatic heterocycles. The minimum Gasteiger partial charge on any atom is -0.467 e. The topological polar surface area (TPSA) is 109 Å². The van der Waals surface area contributed by atoms with Gasteiger partial charge in [-0.05, 0) is 42.8 Å². The van der Waals surface area contributed by atoms with Crippen molar-refractivity contribution in [2.45, 2.75) is 13.0 Å². The first kappa shape index (κ1) is 18.0. The van der Waals surface area contributed by atoms with Crippen molar-refractivity contribution in [2.24, 2.45) is 0 Å². The molecule has 2 aromatic rings. The second-order valence-corrected chi connectivity index (χ2v) is 7.84. The van der Waals surface area contributed by atoms with E-state index in [9.17, 15) is 18.0 Å². The normalized spacial score (nSPS) is 15.6. The molecule has 0 aliphatic carbocycles. The van der Waals surface area contributed by atoms with Crippen molar-refractivity contribution < 1.29 is 22.4 Å². The van der Waals surface area contributed by atoms with Crippen LogP contribution in [0.2, 0.25) is 0 Å². The number of nitrogens with one attached hydrogen (secondary N) is 2. The van der Waals surface area contributed by atoms with Gasteiger partial charge < -0.3 is 15.1 Å². The van der Waals surface area contributed by atoms with Crippen molar-refractivity contribution in [1.29, 1.82) is 0 Å². The number of hydrogen-bond acceptors (Lipinski definition) is 5. The molecule has 1 aromatic carbocycles. The van der Waals surface area contributed by atoms with Gasteiger partial charge >= 0.3 is 0 Å². The molecule has 0 atom stereocenters. The summed E-state index contributed by atoms with van der Waals surface area (Å²) in [7, 11) is -3.25. The predicted octanol–water partition coefficient (Wildman–Crippen LogP) is 0.866. The van der Waals surface area contributed by atoms with Gasteiger partial charge in [0.1, 0.15) is 5.76 Å². The molecular formula is C17H19N3O5S. The second kappa shape index (κ2) is 7.61. The van der Waals surface area contributed by atoms with Gasteiger partial charge in [-0.3, -0.25) is 13.9 Å². The van der Waals surface area contributed by atoms with E-state index in [2.05, 4.69) is 10.6 Å². The number of carbonyl (C=O) groups is 2. The fourth-order valence-electron chi connectivity index (χ4n) is 2.63. The molecule has 0 radical (unpaired) electrons. The lowest BCUT2D eigenvalue weighted by Gasteiger charge is -2.17. The zero-order valence-corrected chi connectivity index (χ0v) is 14.8. The molecule has 2 amide bonds. The lowest BCUT2D eigenvalue weighted by atomic mass is 10.2. The fourth-order valence-corrected chi connectivity index (χ4v) is 4.20. The predicted molar refractivity (Wildman–Crippen MR) is 95.1 cm³/mol. The van der Waals surface area contributed by atoms with Crippen LogP contribution in [0.4, 0.5) is 5.69 Å². The smallest absolute Gasteiger partial charge is 0.251 e. The van der Waals surface area contributed by atoms with Crippen molar-refractivity contribution in [1.82, 2.24) is 10.6 Å². The Bertz CT molecular complexity index is 876. The highest BCUT2D eigenvalue weighted by atomic mass is 32.2. The summed E-state index contributed by atoms with van der Waals surface area (Å²) < 4.78 is 30.2. The van der Waals surface area contributed by atoms with Gasteiger partial charge in [0.25, 0.3) is 5.91 Å². The molecule has 3 rings (SSSR count). The van der Waals surface area contributed by atoms with Gasteiger partial charge in [0.2, 0.25) is 15.9 Å². The average Bonchev–Trinajstić information content (AvgIpc) is 3.27. The number of furan rings is 1. The maximum absolute atomic E-state index is 12.1. The second-order valence-electron chi connectivity index (χ2n) is 5.83. The quantitative estimate of drug-likeness (QED) is 0.776. The summed E-state index contributed by atoms with van der Waals surface area (Å²) in [6.07, 6.45) is 2.11. The number of rotatable bonds is 6. The van der Waals surface area contributed by atoms with Crippen molar-refractivity contribution in [2.75, 3.05) is 23.1 Å². The third kappa shape index (κ3) is 4.23. The molecule has 0 bridgehead atoms. The minimum atomic E-state index is -3.25. The first-order valence-corrected chi connectivity index (χ1v) is 9.74. The Labute approximate surface area is 151 Å². The lowest BCUT2D eigenvalue weighted by molar-refractivity contribution is -0.120. The molecule has 0 saturated carbocycles. The van der Waals surface area contributed by atoms with Crippen LogP contribution in [-0.2, 0) is 21.4 Å². The van der Waals surface area contributed by atoms with Crippen molar-refractivity contribution in [3.05, 3.63) is 54.0 Å². The van der Waals surface area contributed by atoms with Crippen LogP contribution >= 0.6 is 0 Å². The average molecular weight is 377 g/mol. The maximum atomic E-state index is 12.1. The van der Waals surface area contributed by atoms with E-state index in [1.807, 2.05) is 0 Å². The Morgan fingerprint density at radius 3 is 2.50 bits per heavy atom. The minimum absolute atomic E-state index is 0.141. The highest BCUT2D eigenvalue weighted by Crippen LogP contribution is 2.24. The summed E-state index contributed by atoms with van der Waals surface area (Å²) in [5.41, 5.74) is 0.888. The van der Waals surface area contributed by atoms with Crippen LogP contribution in [-0.4, -0.2) is 39.1 Å². The molecule has 1 saturated heterocycles. The van der Waals surface area contributed by atoms with E-state index >= 15 is 0 Å². The van der Waals surface area contributed by atoms with E-state index in [1.165, 1.54) is 10.6 Å². The molecular weight excluding hydrogens is 358 g/mol. The van der Waals surface area contributed by atoms with Gasteiger partial charge in [0, 0.05) is 12.1 Å². The van der Waals surface area contributed by atoms with Crippen LogP contribution < -0.4 is 14.9 Å². The molecule has 8 nitrogen and oxygen atoms in total. The Morgan fingerprint density at radius 2 is 1.88 bits per heavy atom. The van der Waals surface area contributed by atoms with E-state index in [-0.39, 0.29) is 24.7 Å². The first-order valence-electron chi connectivity index (χ1n) is 8.13. The monoisotopic (exact) mass is 377 g/mol. The molecule has 2 heterocycles. The van der Waals surface area contributed by atoms with Gasteiger partial charge in [-0.15, -0.1) is 0 Å². The summed E-state index contributed by atoms with van der Waals surface area (Å²) in [6, 6.07) is 9.73. The summed E-state index contributed by atoms with van der Waals surface area (Å²) >= 11 is 0. The van der Waals surface area contributed by atoms with Crippen molar-refractivity contribution in [3.63, 3.8) is 0 Å². The Morgan fingerprint density at radius 1 is 1.12 bits per heavy atom. The molecule has 1 aromatic heterocycles. The van der Waals surface area contributed by atoms with Gasteiger partial charge in [-0.25, -0.2) is 8.42 Å². The summed E-state index contributed by atoms with van der Waals surface area (Å²) in [5.74, 6) is 0.0168. The van der Waals surface area contributed by atoms with Crippen LogP contribution in [0.5, 0.6) is 0 Å². The van der Waals surface area contributed by atoms with Crippen molar-refractivity contribution in [3.8, 4) is 0 Å².